The molecule has 46 heavy (non-hydrogen) atoms. The first-order valence-corrected chi connectivity index (χ1v) is 15.4. The standard InChI is InChI=1S/C37H28N2O7/c40-33-19-21(17-31-27-13-5-1-9-23(27)24-10-2-6-14-28(24)31)35(42)38(33)45-37(44)46-39-34(41)20-22(36(39)43)18-32-29-15-7-3-11-25(29)26-12-4-8-16-30(26)32/h1-16,21-22,31-32H,17-20H2. The van der Waals surface area contributed by atoms with Crippen molar-refractivity contribution in [2.24, 2.45) is 11.8 Å². The summed E-state index contributed by atoms with van der Waals surface area (Å²) in [5.74, 6) is -4.36. The molecule has 2 aliphatic heterocycles. The number of hydrogen-bond donors (Lipinski definition) is 0. The maximum Gasteiger partial charge on any atom is 0.560 e. The van der Waals surface area contributed by atoms with Crippen LogP contribution in [-0.2, 0) is 28.9 Å². The first-order valence-electron chi connectivity index (χ1n) is 15.4. The fraction of sp³-hybridized carbons (Fsp3) is 0.216. The summed E-state index contributed by atoms with van der Waals surface area (Å²) in [5.41, 5.74) is 8.68. The molecule has 0 aromatic heterocycles. The fourth-order valence-corrected chi connectivity index (χ4v) is 7.66. The number of carbonyl (C=O) groups is 5. The van der Waals surface area contributed by atoms with Crippen molar-refractivity contribution in [3.63, 3.8) is 0 Å². The SMILES string of the molecule is O=C(ON1C(=O)CC(CC2c3ccccc3-c3ccccc32)C1=O)ON1C(=O)CC(CC2c3ccccc3-c3ccccc32)C1=O. The Labute approximate surface area is 264 Å². The van der Waals surface area contributed by atoms with Gasteiger partial charge in [-0.3, -0.25) is 28.9 Å². The van der Waals surface area contributed by atoms with Crippen molar-refractivity contribution in [1.29, 1.82) is 0 Å². The van der Waals surface area contributed by atoms with Crippen LogP contribution in [0.4, 0.5) is 4.79 Å². The number of rotatable bonds is 6. The molecular weight excluding hydrogens is 584 g/mol. The highest BCUT2D eigenvalue weighted by molar-refractivity contribution is 6.04. The Hall–Kier alpha value is -5.57. The van der Waals surface area contributed by atoms with Crippen LogP contribution in [0.3, 0.4) is 0 Å². The quantitative estimate of drug-likeness (QED) is 0.241. The van der Waals surface area contributed by atoms with Crippen LogP contribution >= 0.6 is 0 Å². The van der Waals surface area contributed by atoms with Crippen molar-refractivity contribution >= 4 is 29.8 Å². The summed E-state index contributed by atoms with van der Waals surface area (Å²) in [6.07, 6.45) is -1.07. The highest BCUT2D eigenvalue weighted by Gasteiger charge is 2.47. The maximum atomic E-state index is 13.3. The minimum absolute atomic E-state index is 0.100. The first kappa shape index (κ1) is 27.9. The summed E-state index contributed by atoms with van der Waals surface area (Å²) in [4.78, 5) is 75.1. The lowest BCUT2D eigenvalue weighted by Crippen LogP contribution is -2.38. The molecule has 2 heterocycles. The molecule has 2 aliphatic carbocycles. The Balaban J connectivity index is 0.927. The average molecular weight is 613 g/mol. The number of hydroxylamine groups is 4. The Kier molecular flexibility index (Phi) is 6.56. The molecule has 2 saturated heterocycles. The van der Waals surface area contributed by atoms with E-state index in [1.165, 1.54) is 0 Å². The Morgan fingerprint density at radius 1 is 0.522 bits per heavy atom. The lowest BCUT2D eigenvalue weighted by molar-refractivity contribution is -0.199. The molecule has 4 aliphatic rings. The summed E-state index contributed by atoms with van der Waals surface area (Å²) < 4.78 is 0. The van der Waals surface area contributed by atoms with Crippen LogP contribution in [-0.4, -0.2) is 39.9 Å². The molecule has 2 unspecified atom stereocenters. The molecule has 0 bridgehead atoms. The minimum Gasteiger partial charge on any atom is -0.293 e. The first-order chi connectivity index (χ1) is 22.4. The highest BCUT2D eigenvalue weighted by Crippen LogP contribution is 2.49. The molecule has 4 aromatic carbocycles. The van der Waals surface area contributed by atoms with Crippen LogP contribution in [0.25, 0.3) is 22.3 Å². The second-order valence-electron chi connectivity index (χ2n) is 12.2. The molecule has 2 atom stereocenters. The molecule has 0 saturated carbocycles. The second kappa shape index (κ2) is 10.8. The van der Waals surface area contributed by atoms with Gasteiger partial charge in [0.25, 0.3) is 23.6 Å². The second-order valence-corrected chi connectivity index (χ2v) is 12.2. The summed E-state index contributed by atoms with van der Waals surface area (Å²) in [6.45, 7) is 0. The molecule has 228 valence electrons. The average Bonchev–Trinajstić information content (AvgIpc) is 3.74. The van der Waals surface area contributed by atoms with Gasteiger partial charge in [-0.1, -0.05) is 107 Å². The summed E-state index contributed by atoms with van der Waals surface area (Å²) in [5, 5.41) is 0.795. The van der Waals surface area contributed by atoms with E-state index in [2.05, 4.69) is 0 Å². The zero-order valence-electron chi connectivity index (χ0n) is 24.6. The number of nitrogens with zero attached hydrogens (tertiary/aromatic N) is 2. The smallest absolute Gasteiger partial charge is 0.293 e. The molecule has 0 radical (unpaired) electrons. The van der Waals surface area contributed by atoms with E-state index in [4.69, 9.17) is 9.68 Å². The predicted molar refractivity (Wildman–Crippen MR) is 164 cm³/mol. The van der Waals surface area contributed by atoms with Crippen molar-refractivity contribution in [3.8, 4) is 22.3 Å². The zero-order valence-corrected chi connectivity index (χ0v) is 24.6. The summed E-state index contributed by atoms with van der Waals surface area (Å²) in [7, 11) is 0. The topological polar surface area (TPSA) is 110 Å². The van der Waals surface area contributed by atoms with Gasteiger partial charge in [0.05, 0.1) is 11.8 Å². The van der Waals surface area contributed by atoms with Gasteiger partial charge in [-0.05, 0) is 57.3 Å². The van der Waals surface area contributed by atoms with E-state index in [1.807, 2.05) is 97.1 Å². The number of hydrogen-bond acceptors (Lipinski definition) is 7. The van der Waals surface area contributed by atoms with Crippen LogP contribution in [0, 0.1) is 11.8 Å². The van der Waals surface area contributed by atoms with E-state index >= 15 is 0 Å². The lowest BCUT2D eigenvalue weighted by atomic mass is 9.86. The van der Waals surface area contributed by atoms with Gasteiger partial charge in [-0.25, -0.2) is 0 Å². The van der Waals surface area contributed by atoms with E-state index in [0.29, 0.717) is 23.0 Å². The van der Waals surface area contributed by atoms with Gasteiger partial charge in [-0.2, -0.15) is 4.79 Å². The van der Waals surface area contributed by atoms with E-state index < -0.39 is 41.6 Å². The largest absolute Gasteiger partial charge is 0.560 e. The summed E-state index contributed by atoms with van der Waals surface area (Å²) in [6, 6.07) is 31.9. The van der Waals surface area contributed by atoms with Crippen LogP contribution < -0.4 is 0 Å². The normalized spacial score (nSPS) is 20.2. The van der Waals surface area contributed by atoms with Gasteiger partial charge in [0.1, 0.15) is 0 Å². The monoisotopic (exact) mass is 612 g/mol. The third kappa shape index (κ3) is 4.42. The summed E-state index contributed by atoms with van der Waals surface area (Å²) >= 11 is 0. The Bertz CT molecular complexity index is 1740. The van der Waals surface area contributed by atoms with Crippen LogP contribution in [0.5, 0.6) is 0 Å². The molecule has 9 nitrogen and oxygen atoms in total. The van der Waals surface area contributed by atoms with Gasteiger partial charge in [-0.15, -0.1) is 0 Å². The molecule has 0 spiro atoms. The predicted octanol–water partition coefficient (Wildman–Crippen LogP) is 6.13. The van der Waals surface area contributed by atoms with E-state index in [-0.39, 0.29) is 24.7 Å². The number of benzene rings is 4. The van der Waals surface area contributed by atoms with Gasteiger partial charge >= 0.3 is 6.16 Å². The molecule has 4 amide bonds. The van der Waals surface area contributed by atoms with E-state index in [0.717, 1.165) is 44.5 Å². The minimum atomic E-state index is -1.50. The van der Waals surface area contributed by atoms with Gasteiger partial charge in [0.2, 0.25) is 0 Å². The highest BCUT2D eigenvalue weighted by atomic mass is 16.9. The van der Waals surface area contributed by atoms with Crippen molar-refractivity contribution in [2.75, 3.05) is 0 Å². The molecule has 4 aromatic rings. The van der Waals surface area contributed by atoms with Crippen LogP contribution in [0.2, 0.25) is 0 Å². The van der Waals surface area contributed by atoms with Crippen molar-refractivity contribution in [3.05, 3.63) is 119 Å². The number of amides is 4. The Morgan fingerprint density at radius 2 is 0.826 bits per heavy atom. The third-order valence-corrected chi connectivity index (χ3v) is 9.69. The number of carbonyl (C=O) groups excluding carboxylic acids is 5. The maximum absolute atomic E-state index is 13.3. The lowest BCUT2D eigenvalue weighted by Gasteiger charge is -2.19. The van der Waals surface area contributed by atoms with Crippen molar-refractivity contribution in [1.82, 2.24) is 10.1 Å². The van der Waals surface area contributed by atoms with Crippen molar-refractivity contribution in [2.45, 2.75) is 37.5 Å². The number of imide groups is 2. The fourth-order valence-electron chi connectivity index (χ4n) is 7.66. The molecule has 0 N–H and O–H groups in total. The van der Waals surface area contributed by atoms with Crippen LogP contribution in [0.15, 0.2) is 97.1 Å². The van der Waals surface area contributed by atoms with Gasteiger partial charge < -0.3 is 0 Å². The van der Waals surface area contributed by atoms with E-state index in [1.54, 1.807) is 0 Å². The molecule has 2 fully saturated rings. The van der Waals surface area contributed by atoms with Crippen molar-refractivity contribution < 1.29 is 33.6 Å². The van der Waals surface area contributed by atoms with Gasteiger partial charge in [0.15, 0.2) is 0 Å². The Morgan fingerprint density at radius 3 is 1.15 bits per heavy atom. The van der Waals surface area contributed by atoms with E-state index in [9.17, 15) is 24.0 Å². The zero-order chi connectivity index (χ0) is 31.5. The molecule has 8 rings (SSSR count). The molecule has 9 heteroatoms. The molecular formula is C37H28N2O7. The van der Waals surface area contributed by atoms with Crippen LogP contribution in [0.1, 0.15) is 59.8 Å². The van der Waals surface area contributed by atoms with Gasteiger partial charge in [0, 0.05) is 24.7 Å². The number of fused-ring (bicyclic) bond motifs is 6. The third-order valence-electron chi connectivity index (χ3n) is 9.69.